The minimum absolute atomic E-state index is 0.0843. The average Bonchev–Trinajstić information content (AvgIpc) is 2.30. The Morgan fingerprint density at radius 1 is 1.53 bits per heavy atom. The molecule has 104 valence electrons. The fraction of sp³-hybridized carbons (Fsp3) is 0.417. The highest BCUT2D eigenvalue weighted by Gasteiger charge is 2.18. The van der Waals surface area contributed by atoms with Gasteiger partial charge in [0.2, 0.25) is 0 Å². The molecule has 0 radical (unpaired) electrons. The number of hydrogen-bond acceptors (Lipinski definition) is 4. The zero-order chi connectivity index (χ0) is 14.4. The molecule has 0 aromatic heterocycles. The van der Waals surface area contributed by atoms with Crippen molar-refractivity contribution in [2.24, 2.45) is 0 Å². The van der Waals surface area contributed by atoms with Gasteiger partial charge in [-0.2, -0.15) is 0 Å². The molecule has 1 N–H and O–H groups in total. The van der Waals surface area contributed by atoms with Crippen molar-refractivity contribution in [2.75, 3.05) is 13.1 Å². The van der Waals surface area contributed by atoms with E-state index in [0.717, 1.165) is 6.42 Å². The molecule has 0 heterocycles. The number of benzene rings is 1. The summed E-state index contributed by atoms with van der Waals surface area (Å²) in [5, 5.41) is 20.0. The highest BCUT2D eigenvalue weighted by atomic mass is 35.5. The van der Waals surface area contributed by atoms with Crippen molar-refractivity contribution in [3.8, 4) is 0 Å². The number of nitro groups is 1. The van der Waals surface area contributed by atoms with E-state index in [4.69, 9.17) is 16.7 Å². The van der Waals surface area contributed by atoms with E-state index in [1.807, 2.05) is 6.92 Å². The number of carboxylic acid groups (broad SMARTS) is 1. The van der Waals surface area contributed by atoms with E-state index >= 15 is 0 Å². The summed E-state index contributed by atoms with van der Waals surface area (Å²) in [4.78, 5) is 22.8. The van der Waals surface area contributed by atoms with Crippen LogP contribution in [0.3, 0.4) is 0 Å². The van der Waals surface area contributed by atoms with Crippen molar-refractivity contribution < 1.29 is 14.8 Å². The van der Waals surface area contributed by atoms with E-state index in [1.165, 1.54) is 6.07 Å². The molecular weight excluding hydrogens is 272 g/mol. The molecule has 0 aliphatic carbocycles. The number of hydrogen-bond donors (Lipinski definition) is 1. The first-order valence-electron chi connectivity index (χ1n) is 5.81. The minimum atomic E-state index is -0.954. The van der Waals surface area contributed by atoms with Gasteiger partial charge in [0.05, 0.1) is 11.5 Å². The Morgan fingerprint density at radius 2 is 2.21 bits per heavy atom. The summed E-state index contributed by atoms with van der Waals surface area (Å²) in [5.41, 5.74) is 0.378. The molecule has 0 atom stereocenters. The van der Waals surface area contributed by atoms with Crippen LogP contribution in [0.1, 0.15) is 18.9 Å². The Morgan fingerprint density at radius 3 is 2.74 bits per heavy atom. The van der Waals surface area contributed by atoms with Crippen molar-refractivity contribution in [1.82, 2.24) is 4.90 Å². The summed E-state index contributed by atoms with van der Waals surface area (Å²) >= 11 is 5.73. The van der Waals surface area contributed by atoms with Crippen molar-refractivity contribution >= 4 is 23.3 Å². The number of aliphatic carboxylic acids is 1. The zero-order valence-corrected chi connectivity index (χ0v) is 11.3. The molecule has 6 nitrogen and oxygen atoms in total. The fourth-order valence-electron chi connectivity index (χ4n) is 1.80. The standard InChI is InChI=1S/C12H15ClN2O4/c1-2-5-14(8-12(16)17)7-9-3-4-10(13)6-11(9)15(18)19/h3-4,6H,2,5,7-8H2,1H3,(H,16,17). The Kier molecular flexibility index (Phi) is 5.72. The van der Waals surface area contributed by atoms with E-state index in [2.05, 4.69) is 0 Å². The summed E-state index contributed by atoms with van der Waals surface area (Å²) in [6, 6.07) is 4.40. The Balaban J connectivity index is 2.95. The summed E-state index contributed by atoms with van der Waals surface area (Å²) in [6.45, 7) is 2.55. The molecule has 0 spiro atoms. The lowest BCUT2D eigenvalue weighted by Crippen LogP contribution is -2.30. The van der Waals surface area contributed by atoms with E-state index in [1.54, 1.807) is 17.0 Å². The number of rotatable bonds is 7. The van der Waals surface area contributed by atoms with Gasteiger partial charge in [-0.3, -0.25) is 19.8 Å². The Hall–Kier alpha value is -1.66. The third-order valence-corrected chi connectivity index (χ3v) is 2.77. The van der Waals surface area contributed by atoms with Gasteiger partial charge in [-0.25, -0.2) is 0 Å². The number of carbonyl (C=O) groups is 1. The first-order valence-corrected chi connectivity index (χ1v) is 6.18. The molecule has 0 aliphatic rings. The average molecular weight is 287 g/mol. The SMILES string of the molecule is CCCN(CC(=O)O)Cc1ccc(Cl)cc1[N+](=O)[O-]. The van der Waals surface area contributed by atoms with Gasteiger partial charge in [0, 0.05) is 23.2 Å². The maximum absolute atomic E-state index is 10.9. The minimum Gasteiger partial charge on any atom is -0.480 e. The van der Waals surface area contributed by atoms with Crippen LogP contribution < -0.4 is 0 Å². The van der Waals surface area contributed by atoms with Gasteiger partial charge < -0.3 is 5.11 Å². The van der Waals surface area contributed by atoms with Crippen LogP contribution in [0.5, 0.6) is 0 Å². The van der Waals surface area contributed by atoms with Crippen molar-refractivity contribution in [3.63, 3.8) is 0 Å². The Bertz CT molecular complexity index is 479. The summed E-state index contributed by atoms with van der Waals surface area (Å²) in [5.74, 6) is -0.954. The molecule has 0 amide bonds. The molecule has 1 aromatic carbocycles. The lowest BCUT2D eigenvalue weighted by Gasteiger charge is -2.19. The molecule has 0 fully saturated rings. The molecule has 0 saturated heterocycles. The van der Waals surface area contributed by atoms with Crippen molar-refractivity contribution in [1.29, 1.82) is 0 Å². The van der Waals surface area contributed by atoms with E-state index < -0.39 is 10.9 Å². The smallest absolute Gasteiger partial charge is 0.317 e. The maximum Gasteiger partial charge on any atom is 0.317 e. The monoisotopic (exact) mass is 286 g/mol. The molecule has 7 heteroatoms. The predicted molar refractivity (Wildman–Crippen MR) is 71.3 cm³/mol. The van der Waals surface area contributed by atoms with Crippen LogP contribution in [-0.2, 0) is 11.3 Å². The van der Waals surface area contributed by atoms with Crippen molar-refractivity contribution in [2.45, 2.75) is 19.9 Å². The molecule has 1 aromatic rings. The topological polar surface area (TPSA) is 83.7 Å². The fourth-order valence-corrected chi connectivity index (χ4v) is 1.97. The van der Waals surface area contributed by atoms with Crippen LogP contribution >= 0.6 is 11.6 Å². The first kappa shape index (κ1) is 15.4. The van der Waals surface area contributed by atoms with E-state index in [-0.39, 0.29) is 23.8 Å². The number of nitro benzene ring substituents is 1. The zero-order valence-electron chi connectivity index (χ0n) is 10.5. The summed E-state index contributed by atoms with van der Waals surface area (Å²) in [7, 11) is 0. The van der Waals surface area contributed by atoms with Crippen LogP contribution in [0, 0.1) is 10.1 Å². The van der Waals surface area contributed by atoms with E-state index in [9.17, 15) is 14.9 Å². The highest BCUT2D eigenvalue weighted by molar-refractivity contribution is 6.30. The highest BCUT2D eigenvalue weighted by Crippen LogP contribution is 2.24. The van der Waals surface area contributed by atoms with Gasteiger partial charge in [0.15, 0.2) is 0 Å². The molecule has 19 heavy (non-hydrogen) atoms. The van der Waals surface area contributed by atoms with Gasteiger partial charge in [-0.05, 0) is 25.1 Å². The largest absolute Gasteiger partial charge is 0.480 e. The molecular formula is C12H15ClN2O4. The number of halogens is 1. The first-order chi connectivity index (χ1) is 8.93. The van der Waals surface area contributed by atoms with Gasteiger partial charge in [-0.15, -0.1) is 0 Å². The molecule has 1 rings (SSSR count). The second kappa shape index (κ2) is 7.06. The lowest BCUT2D eigenvalue weighted by molar-refractivity contribution is -0.385. The van der Waals surface area contributed by atoms with Gasteiger partial charge in [0.25, 0.3) is 5.69 Å². The van der Waals surface area contributed by atoms with Crippen LogP contribution in [0.2, 0.25) is 5.02 Å². The maximum atomic E-state index is 10.9. The van der Waals surface area contributed by atoms with Crippen LogP contribution in [-0.4, -0.2) is 34.0 Å². The quantitative estimate of drug-likeness (QED) is 0.615. The van der Waals surface area contributed by atoms with Gasteiger partial charge in [-0.1, -0.05) is 18.5 Å². The normalized spacial score (nSPS) is 10.7. The van der Waals surface area contributed by atoms with Gasteiger partial charge in [0.1, 0.15) is 0 Å². The van der Waals surface area contributed by atoms with Gasteiger partial charge >= 0.3 is 5.97 Å². The second-order valence-electron chi connectivity index (χ2n) is 4.13. The Labute approximate surface area is 115 Å². The third-order valence-electron chi connectivity index (χ3n) is 2.54. The molecule has 0 unspecified atom stereocenters. The lowest BCUT2D eigenvalue weighted by atomic mass is 10.1. The molecule has 0 aliphatic heterocycles. The van der Waals surface area contributed by atoms with Crippen molar-refractivity contribution in [3.05, 3.63) is 38.9 Å². The van der Waals surface area contributed by atoms with Crippen LogP contribution in [0.25, 0.3) is 0 Å². The van der Waals surface area contributed by atoms with E-state index in [0.29, 0.717) is 12.1 Å². The molecule has 0 bridgehead atoms. The number of carboxylic acids is 1. The van der Waals surface area contributed by atoms with Crippen LogP contribution in [0.15, 0.2) is 18.2 Å². The summed E-state index contributed by atoms with van der Waals surface area (Å²) in [6.07, 6.45) is 0.772. The molecule has 0 saturated carbocycles. The third kappa shape index (κ3) is 4.84. The van der Waals surface area contributed by atoms with Crippen LogP contribution in [0.4, 0.5) is 5.69 Å². The predicted octanol–water partition coefficient (Wildman–Crippen LogP) is 2.54. The summed E-state index contributed by atoms with van der Waals surface area (Å²) < 4.78 is 0. The number of nitrogens with zero attached hydrogens (tertiary/aromatic N) is 2. The second-order valence-corrected chi connectivity index (χ2v) is 4.57.